The van der Waals surface area contributed by atoms with Crippen LogP contribution in [0, 0.1) is 0 Å². The van der Waals surface area contributed by atoms with Crippen LogP contribution in [0.4, 0.5) is 0 Å². The van der Waals surface area contributed by atoms with Crippen molar-refractivity contribution in [2.45, 2.75) is 15.7 Å². The van der Waals surface area contributed by atoms with Gasteiger partial charge in [0, 0.05) is 25.7 Å². The van der Waals surface area contributed by atoms with E-state index in [4.69, 9.17) is 34.8 Å². The van der Waals surface area contributed by atoms with E-state index in [9.17, 15) is 0 Å². The van der Waals surface area contributed by atoms with Crippen LogP contribution in [0.25, 0.3) is 0 Å². The third-order valence-corrected chi connectivity index (χ3v) is 4.11. The standard InChI is InChI=1S/C13H9Cl3S/c14-8-9-7-11(16)3-6-13(9)17-12-4-1-10(15)2-5-12/h1-7H,8H2. The highest BCUT2D eigenvalue weighted by molar-refractivity contribution is 7.99. The Kier molecular flexibility index (Phi) is 4.63. The van der Waals surface area contributed by atoms with Crippen molar-refractivity contribution in [3.05, 3.63) is 58.1 Å². The smallest absolute Gasteiger partial charge is 0.0485 e. The van der Waals surface area contributed by atoms with Gasteiger partial charge >= 0.3 is 0 Å². The summed E-state index contributed by atoms with van der Waals surface area (Å²) in [6.07, 6.45) is 0. The van der Waals surface area contributed by atoms with Crippen LogP contribution in [0.2, 0.25) is 10.0 Å². The van der Waals surface area contributed by atoms with E-state index >= 15 is 0 Å². The Morgan fingerprint density at radius 1 is 0.882 bits per heavy atom. The van der Waals surface area contributed by atoms with Gasteiger partial charge in [0.25, 0.3) is 0 Å². The maximum Gasteiger partial charge on any atom is 0.0485 e. The molecule has 2 aromatic carbocycles. The summed E-state index contributed by atoms with van der Waals surface area (Å²) in [5, 5.41) is 1.45. The normalized spacial score (nSPS) is 10.5. The van der Waals surface area contributed by atoms with Gasteiger partial charge in [0.2, 0.25) is 0 Å². The van der Waals surface area contributed by atoms with Gasteiger partial charge in [-0.15, -0.1) is 11.6 Å². The van der Waals surface area contributed by atoms with Crippen LogP contribution in [-0.2, 0) is 5.88 Å². The molecule has 88 valence electrons. The summed E-state index contributed by atoms with van der Waals surface area (Å²) in [5.41, 5.74) is 1.04. The Morgan fingerprint density at radius 2 is 1.53 bits per heavy atom. The second-order valence-electron chi connectivity index (χ2n) is 3.44. The van der Waals surface area contributed by atoms with Crippen LogP contribution in [-0.4, -0.2) is 0 Å². The lowest BCUT2D eigenvalue weighted by Gasteiger charge is -2.07. The van der Waals surface area contributed by atoms with E-state index in [-0.39, 0.29) is 0 Å². The minimum Gasteiger partial charge on any atom is -0.122 e. The second kappa shape index (κ2) is 6.01. The molecule has 0 aliphatic carbocycles. The SMILES string of the molecule is ClCc1cc(Cl)ccc1Sc1ccc(Cl)cc1. The zero-order valence-electron chi connectivity index (χ0n) is 8.79. The first-order valence-corrected chi connectivity index (χ1v) is 7.07. The fourth-order valence-electron chi connectivity index (χ4n) is 1.38. The number of hydrogen-bond donors (Lipinski definition) is 0. The minimum atomic E-state index is 0.455. The molecule has 0 heterocycles. The van der Waals surface area contributed by atoms with Crippen LogP contribution in [0.5, 0.6) is 0 Å². The molecule has 0 bridgehead atoms. The van der Waals surface area contributed by atoms with E-state index in [0.29, 0.717) is 10.9 Å². The van der Waals surface area contributed by atoms with Gasteiger partial charge in [-0.05, 0) is 48.0 Å². The fourth-order valence-corrected chi connectivity index (χ4v) is 2.93. The molecule has 0 spiro atoms. The monoisotopic (exact) mass is 302 g/mol. The molecule has 0 saturated heterocycles. The van der Waals surface area contributed by atoms with Gasteiger partial charge in [0.05, 0.1) is 0 Å². The highest BCUT2D eigenvalue weighted by Crippen LogP contribution is 2.33. The van der Waals surface area contributed by atoms with Crippen LogP contribution < -0.4 is 0 Å². The quantitative estimate of drug-likeness (QED) is 0.638. The molecule has 4 heteroatoms. The van der Waals surface area contributed by atoms with Crippen molar-refractivity contribution in [3.8, 4) is 0 Å². The molecule has 0 atom stereocenters. The number of benzene rings is 2. The van der Waals surface area contributed by atoms with Gasteiger partial charge in [0.1, 0.15) is 0 Å². The van der Waals surface area contributed by atoms with Crippen molar-refractivity contribution in [2.75, 3.05) is 0 Å². The molecule has 0 unspecified atom stereocenters. The number of rotatable bonds is 3. The molecule has 0 aliphatic heterocycles. The molecule has 0 amide bonds. The predicted molar refractivity (Wildman–Crippen MR) is 76.6 cm³/mol. The third-order valence-electron chi connectivity index (χ3n) is 2.21. The van der Waals surface area contributed by atoms with E-state index in [1.807, 2.05) is 42.5 Å². The first-order chi connectivity index (χ1) is 8.19. The molecule has 0 nitrogen and oxygen atoms in total. The highest BCUT2D eigenvalue weighted by Gasteiger charge is 2.04. The lowest BCUT2D eigenvalue weighted by atomic mass is 10.2. The Labute approximate surface area is 120 Å². The lowest BCUT2D eigenvalue weighted by molar-refractivity contribution is 1.25. The summed E-state index contributed by atoms with van der Waals surface area (Å²) in [7, 11) is 0. The first-order valence-electron chi connectivity index (χ1n) is 4.97. The number of halogens is 3. The zero-order valence-corrected chi connectivity index (χ0v) is 11.9. The van der Waals surface area contributed by atoms with Crippen molar-refractivity contribution in [1.29, 1.82) is 0 Å². The van der Waals surface area contributed by atoms with Gasteiger partial charge in [-0.2, -0.15) is 0 Å². The van der Waals surface area contributed by atoms with Gasteiger partial charge in [-0.1, -0.05) is 35.0 Å². The summed E-state index contributed by atoms with van der Waals surface area (Å²) in [6.45, 7) is 0. The Balaban J connectivity index is 2.26. The molecule has 17 heavy (non-hydrogen) atoms. The van der Waals surface area contributed by atoms with E-state index in [2.05, 4.69) is 0 Å². The highest BCUT2D eigenvalue weighted by atomic mass is 35.5. The molecule has 2 rings (SSSR count). The fraction of sp³-hybridized carbons (Fsp3) is 0.0769. The molecule has 0 N–H and O–H groups in total. The summed E-state index contributed by atoms with van der Waals surface area (Å²) < 4.78 is 0. The van der Waals surface area contributed by atoms with Gasteiger partial charge in [-0.25, -0.2) is 0 Å². The summed E-state index contributed by atoms with van der Waals surface area (Å²) in [4.78, 5) is 2.25. The van der Waals surface area contributed by atoms with Crippen molar-refractivity contribution in [1.82, 2.24) is 0 Å². The van der Waals surface area contributed by atoms with Crippen LogP contribution in [0.15, 0.2) is 52.3 Å². The summed E-state index contributed by atoms with van der Waals surface area (Å²) in [6, 6.07) is 13.5. The molecule has 0 saturated carbocycles. The lowest BCUT2D eigenvalue weighted by Crippen LogP contribution is -1.83. The van der Waals surface area contributed by atoms with Crippen molar-refractivity contribution in [3.63, 3.8) is 0 Å². The molecule has 0 radical (unpaired) electrons. The maximum absolute atomic E-state index is 5.93. The van der Waals surface area contributed by atoms with E-state index in [0.717, 1.165) is 20.4 Å². The number of alkyl halides is 1. The average molecular weight is 304 g/mol. The Morgan fingerprint density at radius 3 is 2.18 bits per heavy atom. The van der Waals surface area contributed by atoms with Gasteiger partial charge < -0.3 is 0 Å². The Bertz CT molecular complexity index is 509. The molecular weight excluding hydrogens is 295 g/mol. The van der Waals surface area contributed by atoms with E-state index < -0.39 is 0 Å². The zero-order chi connectivity index (χ0) is 12.3. The second-order valence-corrected chi connectivity index (χ2v) is 5.70. The number of hydrogen-bond acceptors (Lipinski definition) is 1. The predicted octanol–water partition coefficient (Wildman–Crippen LogP) is 5.88. The van der Waals surface area contributed by atoms with Gasteiger partial charge in [0.15, 0.2) is 0 Å². The maximum atomic E-state index is 5.93. The van der Waals surface area contributed by atoms with E-state index in [1.54, 1.807) is 11.8 Å². The Hall–Kier alpha value is -0.340. The molecular formula is C13H9Cl3S. The topological polar surface area (TPSA) is 0 Å². The van der Waals surface area contributed by atoms with Crippen LogP contribution in [0.3, 0.4) is 0 Å². The summed E-state index contributed by atoms with van der Waals surface area (Å²) >= 11 is 19.3. The van der Waals surface area contributed by atoms with Crippen LogP contribution in [0.1, 0.15) is 5.56 Å². The molecule has 0 aromatic heterocycles. The average Bonchev–Trinajstić information content (AvgIpc) is 2.34. The van der Waals surface area contributed by atoms with Crippen molar-refractivity contribution >= 4 is 46.6 Å². The van der Waals surface area contributed by atoms with Crippen molar-refractivity contribution in [2.24, 2.45) is 0 Å². The third kappa shape index (κ3) is 3.56. The minimum absolute atomic E-state index is 0.455. The molecule has 0 aliphatic rings. The van der Waals surface area contributed by atoms with Gasteiger partial charge in [-0.3, -0.25) is 0 Å². The molecule has 0 fully saturated rings. The van der Waals surface area contributed by atoms with Crippen molar-refractivity contribution < 1.29 is 0 Å². The van der Waals surface area contributed by atoms with E-state index in [1.165, 1.54) is 0 Å². The molecule has 2 aromatic rings. The van der Waals surface area contributed by atoms with Crippen LogP contribution >= 0.6 is 46.6 Å². The first kappa shape index (κ1) is 13.1. The largest absolute Gasteiger partial charge is 0.122 e. The summed E-state index contributed by atoms with van der Waals surface area (Å²) in [5.74, 6) is 0.455.